The molecule has 8 nitrogen and oxygen atoms in total. The van der Waals surface area contributed by atoms with E-state index in [4.69, 9.17) is 34.3 Å². The van der Waals surface area contributed by atoms with E-state index in [2.05, 4.69) is 25.9 Å². The van der Waals surface area contributed by atoms with Crippen molar-refractivity contribution in [1.29, 1.82) is 0 Å². The van der Waals surface area contributed by atoms with Gasteiger partial charge in [-0.1, -0.05) is 23.7 Å². The molecule has 0 aliphatic carbocycles. The van der Waals surface area contributed by atoms with Gasteiger partial charge in [-0.2, -0.15) is 4.98 Å². The van der Waals surface area contributed by atoms with Crippen molar-refractivity contribution in [2.45, 2.75) is 13.3 Å². The molecule has 2 rings (SSSR count). The zero-order valence-corrected chi connectivity index (χ0v) is 16.4. The first kappa shape index (κ1) is 20.7. The van der Waals surface area contributed by atoms with Crippen LogP contribution in [0.1, 0.15) is 23.7 Å². The van der Waals surface area contributed by atoms with Gasteiger partial charge in [-0.3, -0.25) is 0 Å². The summed E-state index contributed by atoms with van der Waals surface area (Å²) in [5.74, 6) is 0.179. The fraction of sp³-hybridized carbons (Fsp3) is 0.294. The quantitative estimate of drug-likeness (QED) is 0.282. The van der Waals surface area contributed by atoms with Crippen LogP contribution in [0, 0.1) is 0 Å². The van der Waals surface area contributed by atoms with E-state index < -0.39 is 5.97 Å². The van der Waals surface area contributed by atoms with Crippen LogP contribution in [0.2, 0.25) is 5.02 Å². The average molecular weight is 409 g/mol. The second-order valence-electron chi connectivity index (χ2n) is 5.35. The Hall–Kier alpha value is -2.65. The molecule has 0 saturated carbocycles. The van der Waals surface area contributed by atoms with E-state index in [0.717, 1.165) is 6.42 Å². The molecule has 5 N–H and O–H groups in total. The number of nitrogens with two attached hydrogens (primary N) is 1. The van der Waals surface area contributed by atoms with Crippen molar-refractivity contribution in [3.63, 3.8) is 0 Å². The number of nitrogens with one attached hydrogen (secondary N) is 3. The summed E-state index contributed by atoms with van der Waals surface area (Å²) >= 11 is 10.9. The Kier molecular flexibility index (Phi) is 8.02. The fourth-order valence-corrected chi connectivity index (χ4v) is 2.41. The molecule has 0 bridgehead atoms. The topological polar surface area (TPSA) is 114 Å². The molecule has 1 aromatic heterocycles. The largest absolute Gasteiger partial charge is 0.462 e. The van der Waals surface area contributed by atoms with Gasteiger partial charge < -0.3 is 26.4 Å². The lowest BCUT2D eigenvalue weighted by atomic mass is 10.3. The maximum atomic E-state index is 12.1. The molecule has 0 spiro atoms. The number of halogens is 1. The smallest absolute Gasteiger partial charge is 0.343 e. The normalized spacial score (nSPS) is 10.1. The number of esters is 1. The summed E-state index contributed by atoms with van der Waals surface area (Å²) in [6.45, 7) is 3.15. The van der Waals surface area contributed by atoms with Crippen LogP contribution in [-0.4, -0.2) is 40.7 Å². The number of anilines is 3. The van der Waals surface area contributed by atoms with Crippen LogP contribution in [-0.2, 0) is 4.74 Å². The summed E-state index contributed by atoms with van der Waals surface area (Å²) in [5, 5.41) is 9.79. The summed E-state index contributed by atoms with van der Waals surface area (Å²) in [5.41, 5.74) is 6.30. The number of carbonyl (C=O) groups is 1. The molecule has 0 unspecified atom stereocenters. The molecule has 0 radical (unpaired) electrons. The van der Waals surface area contributed by atoms with Crippen molar-refractivity contribution in [3.8, 4) is 0 Å². The summed E-state index contributed by atoms with van der Waals surface area (Å²) in [7, 11) is 0. The number of rotatable bonds is 9. The lowest BCUT2D eigenvalue weighted by molar-refractivity contribution is 0.0526. The number of carbonyl (C=O) groups excluding carboxylic acids is 1. The monoisotopic (exact) mass is 408 g/mol. The Labute approximate surface area is 167 Å². The third kappa shape index (κ3) is 6.54. The van der Waals surface area contributed by atoms with Crippen LogP contribution >= 0.6 is 23.8 Å². The van der Waals surface area contributed by atoms with E-state index in [1.807, 2.05) is 12.1 Å². The van der Waals surface area contributed by atoms with Crippen LogP contribution in [0.25, 0.3) is 0 Å². The Morgan fingerprint density at radius 3 is 2.81 bits per heavy atom. The number of nitrogens with zero attached hydrogens (tertiary/aromatic N) is 2. The van der Waals surface area contributed by atoms with Crippen LogP contribution in [0.15, 0.2) is 30.5 Å². The molecular weight excluding hydrogens is 388 g/mol. The van der Waals surface area contributed by atoms with Crippen molar-refractivity contribution in [1.82, 2.24) is 15.3 Å². The highest BCUT2D eigenvalue weighted by Gasteiger charge is 2.16. The van der Waals surface area contributed by atoms with Gasteiger partial charge in [0.2, 0.25) is 5.95 Å². The SMILES string of the molecule is CCOC(=O)c1cnc(Nc2ccccc2Cl)nc1NCCCNC(N)=S. The van der Waals surface area contributed by atoms with Crippen LogP contribution in [0.5, 0.6) is 0 Å². The van der Waals surface area contributed by atoms with Gasteiger partial charge in [0.15, 0.2) is 5.11 Å². The van der Waals surface area contributed by atoms with E-state index >= 15 is 0 Å². The molecule has 0 atom stereocenters. The molecule has 0 saturated heterocycles. The number of benzene rings is 1. The van der Waals surface area contributed by atoms with E-state index in [1.54, 1.807) is 19.1 Å². The van der Waals surface area contributed by atoms with E-state index in [-0.39, 0.29) is 17.3 Å². The molecule has 10 heteroatoms. The molecule has 2 aromatic rings. The summed E-state index contributed by atoms with van der Waals surface area (Å²) in [6, 6.07) is 7.23. The van der Waals surface area contributed by atoms with Crippen LogP contribution in [0.4, 0.5) is 17.5 Å². The van der Waals surface area contributed by atoms with Crippen LogP contribution < -0.4 is 21.7 Å². The Morgan fingerprint density at radius 2 is 2.11 bits per heavy atom. The number of para-hydroxylation sites is 1. The maximum Gasteiger partial charge on any atom is 0.343 e. The van der Waals surface area contributed by atoms with Gasteiger partial charge in [0.05, 0.1) is 17.3 Å². The third-order valence-corrected chi connectivity index (χ3v) is 3.82. The fourth-order valence-electron chi connectivity index (χ4n) is 2.12. The van der Waals surface area contributed by atoms with Crippen molar-refractivity contribution >= 4 is 52.4 Å². The van der Waals surface area contributed by atoms with Gasteiger partial charge in [-0.15, -0.1) is 0 Å². The number of hydrogen-bond donors (Lipinski definition) is 4. The highest BCUT2D eigenvalue weighted by molar-refractivity contribution is 7.80. The zero-order valence-electron chi connectivity index (χ0n) is 14.8. The minimum atomic E-state index is -0.495. The molecule has 0 aliphatic heterocycles. The lowest BCUT2D eigenvalue weighted by Gasteiger charge is -2.13. The van der Waals surface area contributed by atoms with Crippen molar-refractivity contribution in [2.75, 3.05) is 30.3 Å². The van der Waals surface area contributed by atoms with Gasteiger partial charge in [0, 0.05) is 19.3 Å². The first-order valence-corrected chi connectivity index (χ1v) is 9.12. The standard InChI is InChI=1S/C17H21ClN6O2S/c1-2-26-15(25)11-10-22-17(23-13-7-4-3-6-12(13)18)24-14(11)20-8-5-9-21-16(19)27/h3-4,6-7,10H,2,5,8-9H2,1H3,(H3,19,21,27)(H2,20,22,23,24). The Balaban J connectivity index is 2.14. The summed E-state index contributed by atoms with van der Waals surface area (Å²) < 4.78 is 5.06. The van der Waals surface area contributed by atoms with E-state index in [9.17, 15) is 4.79 Å². The van der Waals surface area contributed by atoms with E-state index in [1.165, 1.54) is 6.20 Å². The number of aromatic nitrogens is 2. The second-order valence-corrected chi connectivity index (χ2v) is 6.20. The summed E-state index contributed by atoms with van der Waals surface area (Å²) in [6.07, 6.45) is 2.14. The number of thiocarbonyl (C=S) groups is 1. The number of hydrogen-bond acceptors (Lipinski definition) is 7. The van der Waals surface area contributed by atoms with Gasteiger partial charge in [0.1, 0.15) is 11.4 Å². The van der Waals surface area contributed by atoms with Crippen molar-refractivity contribution < 1.29 is 9.53 Å². The van der Waals surface area contributed by atoms with Crippen LogP contribution in [0.3, 0.4) is 0 Å². The van der Waals surface area contributed by atoms with E-state index in [0.29, 0.717) is 35.6 Å². The average Bonchev–Trinajstić information content (AvgIpc) is 2.63. The Bertz CT molecular complexity index is 805. The number of ether oxygens (including phenoxy) is 1. The maximum absolute atomic E-state index is 12.1. The first-order valence-electron chi connectivity index (χ1n) is 8.34. The van der Waals surface area contributed by atoms with Gasteiger partial charge >= 0.3 is 5.97 Å². The molecule has 27 heavy (non-hydrogen) atoms. The minimum Gasteiger partial charge on any atom is -0.462 e. The molecule has 0 amide bonds. The van der Waals surface area contributed by atoms with Gasteiger partial charge in [0.25, 0.3) is 0 Å². The predicted octanol–water partition coefficient (Wildman–Crippen LogP) is 2.69. The predicted molar refractivity (Wildman–Crippen MR) is 111 cm³/mol. The molecule has 1 heterocycles. The highest BCUT2D eigenvalue weighted by Crippen LogP contribution is 2.24. The molecule has 0 fully saturated rings. The molecule has 1 aromatic carbocycles. The third-order valence-electron chi connectivity index (χ3n) is 3.35. The van der Waals surface area contributed by atoms with Gasteiger partial charge in [-0.05, 0) is 37.7 Å². The molecule has 144 valence electrons. The van der Waals surface area contributed by atoms with Crippen molar-refractivity contribution in [2.24, 2.45) is 5.73 Å². The first-order chi connectivity index (χ1) is 13.0. The summed E-state index contributed by atoms with van der Waals surface area (Å²) in [4.78, 5) is 20.7. The second kappa shape index (κ2) is 10.5. The molecular formula is C17H21ClN6O2S. The Morgan fingerprint density at radius 1 is 1.33 bits per heavy atom. The molecule has 0 aliphatic rings. The lowest BCUT2D eigenvalue weighted by Crippen LogP contribution is -2.30. The minimum absolute atomic E-state index is 0.246. The highest BCUT2D eigenvalue weighted by atomic mass is 35.5. The zero-order chi connectivity index (χ0) is 19.6. The van der Waals surface area contributed by atoms with Gasteiger partial charge in [-0.25, -0.2) is 9.78 Å². The van der Waals surface area contributed by atoms with Crippen molar-refractivity contribution in [3.05, 3.63) is 41.0 Å².